The largest absolute Gasteiger partial charge is 0.493 e. The van der Waals surface area contributed by atoms with Crippen molar-refractivity contribution in [3.05, 3.63) is 29.3 Å². The molecular formula is C17H22N2O4. The Hall–Kier alpha value is -2.24. The third kappa shape index (κ3) is 3.94. The maximum atomic E-state index is 11.7. The van der Waals surface area contributed by atoms with Gasteiger partial charge in [-0.15, -0.1) is 0 Å². The number of fused-ring (bicyclic) bond motifs is 1. The molecule has 0 saturated carbocycles. The number of hydrogen-bond acceptors (Lipinski definition) is 5. The van der Waals surface area contributed by atoms with Gasteiger partial charge in [-0.05, 0) is 32.4 Å². The third-order valence-corrected chi connectivity index (χ3v) is 3.64. The van der Waals surface area contributed by atoms with Crippen molar-refractivity contribution in [2.75, 3.05) is 13.2 Å². The molecule has 0 aliphatic carbocycles. The van der Waals surface area contributed by atoms with Crippen LogP contribution < -0.4 is 10.1 Å². The van der Waals surface area contributed by atoms with Gasteiger partial charge in [-0.25, -0.2) is 4.79 Å². The molecule has 2 aliphatic rings. The van der Waals surface area contributed by atoms with E-state index < -0.39 is 11.7 Å². The molecular weight excluding hydrogens is 296 g/mol. The van der Waals surface area contributed by atoms with E-state index in [1.165, 1.54) is 5.56 Å². The van der Waals surface area contributed by atoms with E-state index in [2.05, 4.69) is 16.5 Å². The number of oxime groups is 1. The molecule has 1 N–H and O–H groups in total. The van der Waals surface area contributed by atoms with E-state index in [4.69, 9.17) is 14.3 Å². The highest BCUT2D eigenvalue weighted by atomic mass is 16.6. The summed E-state index contributed by atoms with van der Waals surface area (Å²) in [5.74, 6) is 0.931. The Balaban J connectivity index is 1.51. The molecule has 0 spiro atoms. The summed E-state index contributed by atoms with van der Waals surface area (Å²) in [5.41, 5.74) is 2.60. The second kappa shape index (κ2) is 6.10. The minimum absolute atomic E-state index is 0.174. The van der Waals surface area contributed by atoms with Gasteiger partial charge >= 0.3 is 6.09 Å². The van der Waals surface area contributed by atoms with Crippen LogP contribution in [0.2, 0.25) is 0 Å². The molecule has 1 aromatic carbocycles. The number of carbonyl (C=O) groups is 1. The van der Waals surface area contributed by atoms with Crippen LogP contribution in [0.15, 0.2) is 23.4 Å². The molecule has 124 valence electrons. The van der Waals surface area contributed by atoms with Crippen LogP contribution in [0.5, 0.6) is 5.75 Å². The highest BCUT2D eigenvalue weighted by Crippen LogP contribution is 2.28. The monoisotopic (exact) mass is 318 g/mol. The fraction of sp³-hybridized carbons (Fsp3) is 0.529. The Bertz CT molecular complexity index is 634. The van der Waals surface area contributed by atoms with Gasteiger partial charge in [0.15, 0.2) is 6.10 Å². The number of alkyl carbamates (subject to hydrolysis) is 1. The quantitative estimate of drug-likeness (QED) is 0.930. The molecule has 0 radical (unpaired) electrons. The smallest absolute Gasteiger partial charge is 0.407 e. The highest BCUT2D eigenvalue weighted by Gasteiger charge is 2.25. The Kier molecular flexibility index (Phi) is 4.15. The number of carbonyl (C=O) groups excluding carboxylic acids is 1. The van der Waals surface area contributed by atoms with Crippen LogP contribution in [-0.4, -0.2) is 36.7 Å². The normalized spacial score (nSPS) is 19.4. The van der Waals surface area contributed by atoms with Crippen molar-refractivity contribution in [3.63, 3.8) is 0 Å². The average molecular weight is 318 g/mol. The first kappa shape index (κ1) is 15.6. The molecule has 0 unspecified atom stereocenters. The SMILES string of the molecule is CC(C)(C)OC(=O)NC[C@H]1CC(c2ccc3c(c2)OCC3)=NO1. The summed E-state index contributed by atoms with van der Waals surface area (Å²) in [5, 5.41) is 6.85. The molecule has 6 nitrogen and oxygen atoms in total. The van der Waals surface area contributed by atoms with Crippen LogP contribution in [-0.2, 0) is 16.0 Å². The van der Waals surface area contributed by atoms with E-state index in [-0.39, 0.29) is 6.10 Å². The van der Waals surface area contributed by atoms with Gasteiger partial charge in [0, 0.05) is 18.4 Å². The van der Waals surface area contributed by atoms with Crippen LogP contribution in [0.3, 0.4) is 0 Å². The number of nitrogens with one attached hydrogen (secondary N) is 1. The van der Waals surface area contributed by atoms with Crippen molar-refractivity contribution in [1.82, 2.24) is 5.32 Å². The molecule has 23 heavy (non-hydrogen) atoms. The van der Waals surface area contributed by atoms with Gasteiger partial charge in [0.25, 0.3) is 0 Å². The maximum absolute atomic E-state index is 11.7. The molecule has 2 aliphatic heterocycles. The van der Waals surface area contributed by atoms with Crippen LogP contribution in [0.25, 0.3) is 0 Å². The van der Waals surface area contributed by atoms with E-state index in [0.29, 0.717) is 13.0 Å². The number of amides is 1. The van der Waals surface area contributed by atoms with Crippen molar-refractivity contribution in [1.29, 1.82) is 0 Å². The molecule has 0 bridgehead atoms. The second-order valence-corrected chi connectivity index (χ2v) is 6.77. The van der Waals surface area contributed by atoms with Crippen LogP contribution in [0.1, 0.15) is 38.3 Å². The molecule has 2 heterocycles. The van der Waals surface area contributed by atoms with Gasteiger partial charge in [0.05, 0.1) is 18.9 Å². The van der Waals surface area contributed by atoms with Gasteiger partial charge in [-0.1, -0.05) is 17.3 Å². The predicted octanol–water partition coefficient (Wildman–Crippen LogP) is 2.64. The number of benzene rings is 1. The molecule has 1 atom stereocenters. The highest BCUT2D eigenvalue weighted by molar-refractivity contribution is 6.01. The van der Waals surface area contributed by atoms with Gasteiger partial charge in [-0.2, -0.15) is 0 Å². The van der Waals surface area contributed by atoms with Gasteiger partial charge < -0.3 is 19.6 Å². The van der Waals surface area contributed by atoms with Crippen molar-refractivity contribution in [2.45, 2.75) is 45.3 Å². The Labute approximate surface area is 135 Å². The standard InChI is InChI=1S/C17H22N2O4/c1-17(2,3)22-16(20)18-10-13-9-14(19-23-13)12-5-4-11-6-7-21-15(11)8-12/h4-5,8,13H,6-7,9-10H2,1-3H3,(H,18,20)/t13-/m1/s1. The Morgan fingerprint density at radius 3 is 3.04 bits per heavy atom. The zero-order valence-electron chi connectivity index (χ0n) is 13.7. The van der Waals surface area contributed by atoms with Crippen molar-refractivity contribution >= 4 is 11.8 Å². The van der Waals surface area contributed by atoms with E-state index in [1.54, 1.807) is 0 Å². The van der Waals surface area contributed by atoms with Crippen LogP contribution in [0, 0.1) is 0 Å². The predicted molar refractivity (Wildman–Crippen MR) is 85.9 cm³/mol. The van der Waals surface area contributed by atoms with Gasteiger partial charge in [-0.3, -0.25) is 0 Å². The number of hydrogen-bond donors (Lipinski definition) is 1. The third-order valence-electron chi connectivity index (χ3n) is 3.64. The van der Waals surface area contributed by atoms with E-state index in [1.807, 2.05) is 32.9 Å². The molecule has 6 heteroatoms. The van der Waals surface area contributed by atoms with Crippen LogP contribution in [0.4, 0.5) is 4.79 Å². The maximum Gasteiger partial charge on any atom is 0.407 e. The molecule has 0 saturated heterocycles. The lowest BCUT2D eigenvalue weighted by Crippen LogP contribution is -2.37. The second-order valence-electron chi connectivity index (χ2n) is 6.77. The van der Waals surface area contributed by atoms with E-state index in [9.17, 15) is 4.79 Å². The summed E-state index contributed by atoms with van der Waals surface area (Å²) in [4.78, 5) is 17.0. The molecule has 0 fully saturated rings. The van der Waals surface area contributed by atoms with Crippen molar-refractivity contribution in [2.24, 2.45) is 5.16 Å². The van der Waals surface area contributed by atoms with E-state index >= 15 is 0 Å². The lowest BCUT2D eigenvalue weighted by Gasteiger charge is -2.20. The molecule has 1 amide bonds. The van der Waals surface area contributed by atoms with Crippen molar-refractivity contribution in [3.8, 4) is 5.75 Å². The minimum Gasteiger partial charge on any atom is -0.493 e. The summed E-state index contributed by atoms with van der Waals surface area (Å²) >= 11 is 0. The number of ether oxygens (including phenoxy) is 2. The summed E-state index contributed by atoms with van der Waals surface area (Å²) < 4.78 is 10.8. The summed E-state index contributed by atoms with van der Waals surface area (Å²) in [6.07, 6.45) is 0.988. The zero-order chi connectivity index (χ0) is 16.4. The van der Waals surface area contributed by atoms with Gasteiger partial charge in [0.1, 0.15) is 11.4 Å². The van der Waals surface area contributed by atoms with Crippen molar-refractivity contribution < 1.29 is 19.1 Å². The van der Waals surface area contributed by atoms with Gasteiger partial charge in [0.2, 0.25) is 0 Å². The Morgan fingerprint density at radius 2 is 2.26 bits per heavy atom. The molecule has 0 aromatic heterocycles. The fourth-order valence-electron chi connectivity index (χ4n) is 2.57. The topological polar surface area (TPSA) is 69.2 Å². The first-order valence-electron chi connectivity index (χ1n) is 7.86. The molecule has 3 rings (SSSR count). The lowest BCUT2D eigenvalue weighted by atomic mass is 10.0. The average Bonchev–Trinajstić information content (AvgIpc) is 3.11. The first-order chi connectivity index (χ1) is 10.9. The lowest BCUT2D eigenvalue weighted by molar-refractivity contribution is 0.0439. The first-order valence-corrected chi connectivity index (χ1v) is 7.86. The minimum atomic E-state index is -0.507. The van der Waals surface area contributed by atoms with E-state index in [0.717, 1.165) is 30.1 Å². The Morgan fingerprint density at radius 1 is 1.43 bits per heavy atom. The zero-order valence-corrected chi connectivity index (χ0v) is 13.7. The summed E-state index contributed by atoms with van der Waals surface area (Å²) in [6.45, 7) is 6.59. The number of nitrogens with zero attached hydrogens (tertiary/aromatic N) is 1. The fourth-order valence-corrected chi connectivity index (χ4v) is 2.57. The summed E-state index contributed by atoms with van der Waals surface area (Å²) in [7, 11) is 0. The van der Waals surface area contributed by atoms with Crippen LogP contribution >= 0.6 is 0 Å². The summed E-state index contributed by atoms with van der Waals surface area (Å²) in [6, 6.07) is 6.13. The molecule has 1 aromatic rings. The number of rotatable bonds is 3.